The van der Waals surface area contributed by atoms with Gasteiger partial charge in [-0.2, -0.15) is 0 Å². The molecule has 0 bridgehead atoms. The summed E-state index contributed by atoms with van der Waals surface area (Å²) in [6.45, 7) is 5.52. The van der Waals surface area contributed by atoms with Gasteiger partial charge in [0.15, 0.2) is 5.76 Å². The SMILES string of the molecule is Cc1ccc2c(NC(=O)c3cc(C)c(C)o3)c(C(N)=O)oc2c1. The summed E-state index contributed by atoms with van der Waals surface area (Å²) in [5, 5.41) is 3.27. The number of fused-ring (bicyclic) bond motifs is 1. The largest absolute Gasteiger partial charge is 0.456 e. The molecule has 1 aromatic carbocycles. The monoisotopic (exact) mass is 312 g/mol. The Morgan fingerprint density at radius 3 is 2.43 bits per heavy atom. The summed E-state index contributed by atoms with van der Waals surface area (Å²) in [6.07, 6.45) is 0. The minimum Gasteiger partial charge on any atom is -0.456 e. The Labute approximate surface area is 132 Å². The van der Waals surface area contributed by atoms with E-state index >= 15 is 0 Å². The Morgan fingerprint density at radius 1 is 1.09 bits per heavy atom. The van der Waals surface area contributed by atoms with Crippen molar-refractivity contribution < 1.29 is 18.4 Å². The standard InChI is InChI=1S/C17H16N2O4/c1-8-4-5-11-12(6-8)23-15(16(18)20)14(11)19-17(21)13-7-9(2)10(3)22-13/h4-7H,1-3H3,(H2,18,20)(H,19,21). The molecule has 0 saturated carbocycles. The molecule has 0 saturated heterocycles. The summed E-state index contributed by atoms with van der Waals surface area (Å²) in [5.41, 5.74) is 7.94. The van der Waals surface area contributed by atoms with Gasteiger partial charge in [0, 0.05) is 5.39 Å². The van der Waals surface area contributed by atoms with E-state index in [1.165, 1.54) is 0 Å². The van der Waals surface area contributed by atoms with Crippen LogP contribution in [0, 0.1) is 20.8 Å². The molecule has 2 amide bonds. The minimum absolute atomic E-state index is 0.0843. The van der Waals surface area contributed by atoms with Gasteiger partial charge >= 0.3 is 0 Å². The fraction of sp³-hybridized carbons (Fsp3) is 0.176. The highest BCUT2D eigenvalue weighted by atomic mass is 16.4. The van der Waals surface area contributed by atoms with Crippen LogP contribution in [0.5, 0.6) is 0 Å². The lowest BCUT2D eigenvalue weighted by atomic mass is 10.1. The number of hydrogen-bond donors (Lipinski definition) is 2. The fourth-order valence-electron chi connectivity index (χ4n) is 2.36. The first-order chi connectivity index (χ1) is 10.9. The van der Waals surface area contributed by atoms with Gasteiger partial charge in [0.25, 0.3) is 11.8 Å². The Hall–Kier alpha value is -3.02. The normalized spacial score (nSPS) is 10.9. The summed E-state index contributed by atoms with van der Waals surface area (Å²) >= 11 is 0. The van der Waals surface area contributed by atoms with E-state index in [2.05, 4.69) is 5.32 Å². The topological polar surface area (TPSA) is 98.5 Å². The highest BCUT2D eigenvalue weighted by Gasteiger charge is 2.22. The first-order valence-corrected chi connectivity index (χ1v) is 7.08. The smallest absolute Gasteiger partial charge is 0.291 e. The molecule has 2 heterocycles. The van der Waals surface area contributed by atoms with E-state index in [-0.39, 0.29) is 17.2 Å². The average molecular weight is 312 g/mol. The number of aryl methyl sites for hydroxylation is 3. The molecule has 6 nitrogen and oxygen atoms in total. The van der Waals surface area contributed by atoms with E-state index in [1.807, 2.05) is 19.9 Å². The number of benzene rings is 1. The third kappa shape index (κ3) is 2.59. The number of furan rings is 2. The van der Waals surface area contributed by atoms with Crippen molar-refractivity contribution in [2.24, 2.45) is 5.73 Å². The minimum atomic E-state index is -0.749. The summed E-state index contributed by atoms with van der Waals surface area (Å²) in [7, 11) is 0. The second kappa shape index (κ2) is 5.31. The molecule has 2 aromatic heterocycles. The number of carbonyl (C=O) groups excluding carboxylic acids is 2. The van der Waals surface area contributed by atoms with Crippen molar-refractivity contribution >= 4 is 28.5 Å². The number of nitrogens with two attached hydrogens (primary N) is 1. The molecule has 0 unspecified atom stereocenters. The molecule has 0 aliphatic carbocycles. The van der Waals surface area contributed by atoms with Crippen LogP contribution in [-0.2, 0) is 0 Å². The van der Waals surface area contributed by atoms with E-state index in [4.69, 9.17) is 14.6 Å². The number of hydrogen-bond acceptors (Lipinski definition) is 4. The van der Waals surface area contributed by atoms with Crippen LogP contribution in [0.4, 0.5) is 5.69 Å². The van der Waals surface area contributed by atoms with Gasteiger partial charge in [0.05, 0.1) is 0 Å². The number of primary amides is 1. The second-order valence-electron chi connectivity index (χ2n) is 5.47. The van der Waals surface area contributed by atoms with E-state index in [0.29, 0.717) is 16.7 Å². The van der Waals surface area contributed by atoms with Crippen LogP contribution in [0.25, 0.3) is 11.0 Å². The van der Waals surface area contributed by atoms with Crippen LogP contribution in [0.2, 0.25) is 0 Å². The number of nitrogens with one attached hydrogen (secondary N) is 1. The van der Waals surface area contributed by atoms with Crippen molar-refractivity contribution in [2.45, 2.75) is 20.8 Å². The van der Waals surface area contributed by atoms with Gasteiger partial charge < -0.3 is 19.9 Å². The summed E-state index contributed by atoms with van der Waals surface area (Å²) in [4.78, 5) is 24.0. The molecule has 3 N–H and O–H groups in total. The van der Waals surface area contributed by atoms with Crippen molar-refractivity contribution in [2.75, 3.05) is 5.32 Å². The second-order valence-corrected chi connectivity index (χ2v) is 5.47. The van der Waals surface area contributed by atoms with Gasteiger partial charge in [-0.25, -0.2) is 0 Å². The number of amides is 2. The molecule has 0 atom stereocenters. The first-order valence-electron chi connectivity index (χ1n) is 7.08. The zero-order valence-electron chi connectivity index (χ0n) is 13.0. The first kappa shape index (κ1) is 14.9. The van der Waals surface area contributed by atoms with Gasteiger partial charge in [0.2, 0.25) is 5.76 Å². The molecule has 23 heavy (non-hydrogen) atoms. The predicted octanol–water partition coefficient (Wildman–Crippen LogP) is 3.30. The Kier molecular flexibility index (Phi) is 3.44. The van der Waals surface area contributed by atoms with Gasteiger partial charge in [-0.3, -0.25) is 9.59 Å². The van der Waals surface area contributed by atoms with Crippen LogP contribution >= 0.6 is 0 Å². The van der Waals surface area contributed by atoms with Crippen LogP contribution in [0.15, 0.2) is 33.1 Å². The lowest BCUT2D eigenvalue weighted by molar-refractivity contribution is 0.0977. The lowest BCUT2D eigenvalue weighted by Gasteiger charge is -2.02. The lowest BCUT2D eigenvalue weighted by Crippen LogP contribution is -2.16. The maximum absolute atomic E-state index is 12.4. The van der Waals surface area contributed by atoms with Crippen molar-refractivity contribution in [1.29, 1.82) is 0 Å². The molecule has 3 aromatic rings. The summed E-state index contributed by atoms with van der Waals surface area (Å²) < 4.78 is 10.9. The van der Waals surface area contributed by atoms with Crippen LogP contribution < -0.4 is 11.1 Å². The third-order valence-electron chi connectivity index (χ3n) is 3.70. The van der Waals surface area contributed by atoms with Crippen molar-refractivity contribution in [3.63, 3.8) is 0 Å². The third-order valence-corrected chi connectivity index (χ3v) is 3.70. The van der Waals surface area contributed by atoms with Gasteiger partial charge in [0.1, 0.15) is 17.0 Å². The van der Waals surface area contributed by atoms with E-state index in [1.54, 1.807) is 25.1 Å². The molecule has 6 heteroatoms. The summed E-state index contributed by atoms with van der Waals surface area (Å²) in [5.74, 6) is -0.471. The van der Waals surface area contributed by atoms with E-state index < -0.39 is 11.8 Å². The van der Waals surface area contributed by atoms with Crippen LogP contribution in [0.1, 0.15) is 38.0 Å². The van der Waals surface area contributed by atoms with Crippen LogP contribution in [0.3, 0.4) is 0 Å². The maximum atomic E-state index is 12.4. The molecule has 0 radical (unpaired) electrons. The van der Waals surface area contributed by atoms with Crippen LogP contribution in [-0.4, -0.2) is 11.8 Å². The Balaban J connectivity index is 2.06. The fourth-order valence-corrected chi connectivity index (χ4v) is 2.36. The molecule has 0 aliphatic heterocycles. The molecular weight excluding hydrogens is 296 g/mol. The molecule has 0 aliphatic rings. The predicted molar refractivity (Wildman–Crippen MR) is 85.6 cm³/mol. The zero-order valence-corrected chi connectivity index (χ0v) is 13.0. The number of anilines is 1. The van der Waals surface area contributed by atoms with Gasteiger partial charge in [-0.15, -0.1) is 0 Å². The highest BCUT2D eigenvalue weighted by Crippen LogP contribution is 2.32. The summed E-state index contributed by atoms with van der Waals surface area (Å²) in [6, 6.07) is 7.05. The molecular formula is C17H16N2O4. The number of carbonyl (C=O) groups is 2. The van der Waals surface area contributed by atoms with Crippen molar-refractivity contribution in [3.8, 4) is 0 Å². The zero-order chi connectivity index (χ0) is 16.7. The van der Waals surface area contributed by atoms with Crippen molar-refractivity contribution in [1.82, 2.24) is 0 Å². The maximum Gasteiger partial charge on any atom is 0.291 e. The highest BCUT2D eigenvalue weighted by molar-refractivity contribution is 6.13. The van der Waals surface area contributed by atoms with Gasteiger partial charge in [-0.05, 0) is 50.1 Å². The number of rotatable bonds is 3. The Bertz CT molecular complexity index is 914. The van der Waals surface area contributed by atoms with Crippen molar-refractivity contribution in [3.05, 3.63) is 52.7 Å². The van der Waals surface area contributed by atoms with E-state index in [0.717, 1.165) is 11.1 Å². The Morgan fingerprint density at radius 2 is 1.83 bits per heavy atom. The van der Waals surface area contributed by atoms with Gasteiger partial charge in [-0.1, -0.05) is 6.07 Å². The van der Waals surface area contributed by atoms with E-state index in [9.17, 15) is 9.59 Å². The molecule has 118 valence electrons. The molecule has 3 rings (SSSR count). The molecule has 0 fully saturated rings. The molecule has 0 spiro atoms. The average Bonchev–Trinajstić information content (AvgIpc) is 3.00. The quantitative estimate of drug-likeness (QED) is 0.775.